The molecule has 0 saturated heterocycles. The van der Waals surface area contributed by atoms with E-state index in [1.165, 1.54) is 4.90 Å². The Labute approximate surface area is 126 Å². The summed E-state index contributed by atoms with van der Waals surface area (Å²) in [7, 11) is 1.63. The lowest BCUT2D eigenvalue weighted by atomic mass is 9.80. The van der Waals surface area contributed by atoms with Crippen molar-refractivity contribution in [2.75, 3.05) is 7.05 Å². The molecule has 118 valence electrons. The van der Waals surface area contributed by atoms with Crippen LogP contribution in [0.15, 0.2) is 18.2 Å². The third-order valence-electron chi connectivity index (χ3n) is 4.34. The van der Waals surface area contributed by atoms with Crippen molar-refractivity contribution in [1.29, 1.82) is 0 Å². The number of rotatable bonds is 4. The Morgan fingerprint density at radius 2 is 1.81 bits per heavy atom. The van der Waals surface area contributed by atoms with Gasteiger partial charge in [-0.3, -0.25) is 4.79 Å². The van der Waals surface area contributed by atoms with Crippen LogP contribution in [-0.4, -0.2) is 17.9 Å². The molecule has 0 fully saturated rings. The molecular weight excluding hydrogens is 272 g/mol. The molecule has 4 heteroatoms. The predicted octanol–water partition coefficient (Wildman–Crippen LogP) is 4.56. The summed E-state index contributed by atoms with van der Waals surface area (Å²) in [6, 6.07) is 2.82. The van der Waals surface area contributed by atoms with Crippen molar-refractivity contribution >= 4 is 5.91 Å². The number of nitrogens with zero attached hydrogens (tertiary/aromatic N) is 1. The summed E-state index contributed by atoms with van der Waals surface area (Å²) in [5, 5.41) is 0. The van der Waals surface area contributed by atoms with Crippen molar-refractivity contribution in [3.8, 4) is 0 Å². The largest absolute Gasteiger partial charge is 0.339 e. The number of hydrogen-bond donors (Lipinski definition) is 0. The first-order valence-corrected chi connectivity index (χ1v) is 7.24. The highest BCUT2D eigenvalue weighted by molar-refractivity contribution is 5.76. The van der Waals surface area contributed by atoms with E-state index in [9.17, 15) is 13.6 Å². The van der Waals surface area contributed by atoms with Gasteiger partial charge in [0.1, 0.15) is 11.6 Å². The van der Waals surface area contributed by atoms with Crippen molar-refractivity contribution in [3.63, 3.8) is 0 Å². The maximum atomic E-state index is 13.8. The van der Waals surface area contributed by atoms with Crippen LogP contribution in [0.25, 0.3) is 0 Å². The van der Waals surface area contributed by atoms with Gasteiger partial charge >= 0.3 is 0 Å². The van der Waals surface area contributed by atoms with E-state index in [-0.39, 0.29) is 22.8 Å². The van der Waals surface area contributed by atoms with E-state index in [1.54, 1.807) is 14.0 Å². The van der Waals surface area contributed by atoms with Gasteiger partial charge in [-0.05, 0) is 36.5 Å². The van der Waals surface area contributed by atoms with Crippen LogP contribution in [-0.2, 0) is 4.79 Å². The second-order valence-electron chi connectivity index (χ2n) is 6.82. The number of carbonyl (C=O) groups is 1. The molecule has 1 amide bonds. The van der Waals surface area contributed by atoms with Crippen molar-refractivity contribution < 1.29 is 13.6 Å². The number of halogens is 2. The quantitative estimate of drug-likeness (QED) is 0.798. The zero-order chi connectivity index (χ0) is 16.4. The highest BCUT2D eigenvalue weighted by atomic mass is 19.1. The Morgan fingerprint density at radius 1 is 1.24 bits per heavy atom. The maximum absolute atomic E-state index is 13.8. The Kier molecular flexibility index (Phi) is 5.48. The van der Waals surface area contributed by atoms with Crippen molar-refractivity contribution in [2.24, 2.45) is 11.3 Å². The highest BCUT2D eigenvalue weighted by Crippen LogP contribution is 2.30. The summed E-state index contributed by atoms with van der Waals surface area (Å²) < 4.78 is 27.1. The van der Waals surface area contributed by atoms with E-state index in [0.29, 0.717) is 6.42 Å². The van der Waals surface area contributed by atoms with Gasteiger partial charge in [0, 0.05) is 19.0 Å². The van der Waals surface area contributed by atoms with Crippen LogP contribution in [0.4, 0.5) is 8.78 Å². The normalized spacial score (nSPS) is 14.7. The first-order chi connectivity index (χ1) is 9.54. The minimum Gasteiger partial charge on any atom is -0.339 e. The summed E-state index contributed by atoms with van der Waals surface area (Å²) in [6.07, 6.45) is 0.390. The minimum absolute atomic E-state index is 0.0316. The molecule has 0 radical (unpaired) electrons. The van der Waals surface area contributed by atoms with Gasteiger partial charge in [0.2, 0.25) is 5.91 Å². The molecule has 0 bridgehead atoms. The van der Waals surface area contributed by atoms with Crippen molar-refractivity contribution in [2.45, 2.75) is 47.1 Å². The Bertz CT molecular complexity index is 508. The molecule has 0 aromatic heterocycles. The van der Waals surface area contributed by atoms with Gasteiger partial charge in [-0.2, -0.15) is 0 Å². The molecule has 0 saturated carbocycles. The molecule has 2 atom stereocenters. The summed E-state index contributed by atoms with van der Waals surface area (Å²) in [5.74, 6) is -0.847. The molecular formula is C17H25F2NO. The summed E-state index contributed by atoms with van der Waals surface area (Å²) in [5.41, 5.74) is 0.235. The first-order valence-electron chi connectivity index (χ1n) is 7.24. The second-order valence-corrected chi connectivity index (χ2v) is 6.82. The smallest absolute Gasteiger partial charge is 0.223 e. The van der Waals surface area contributed by atoms with Gasteiger partial charge in [0.05, 0.1) is 6.04 Å². The molecule has 21 heavy (non-hydrogen) atoms. The van der Waals surface area contributed by atoms with E-state index in [1.807, 2.05) is 6.92 Å². The van der Waals surface area contributed by atoms with E-state index in [0.717, 1.165) is 18.2 Å². The van der Waals surface area contributed by atoms with Gasteiger partial charge in [-0.25, -0.2) is 8.78 Å². The first kappa shape index (κ1) is 17.6. The Balaban J connectivity index is 2.85. The molecule has 0 N–H and O–H groups in total. The van der Waals surface area contributed by atoms with E-state index < -0.39 is 17.7 Å². The van der Waals surface area contributed by atoms with Gasteiger partial charge in [0.25, 0.3) is 0 Å². The molecule has 2 nitrogen and oxygen atoms in total. The number of benzene rings is 1. The molecule has 1 aromatic carbocycles. The van der Waals surface area contributed by atoms with E-state index in [2.05, 4.69) is 20.8 Å². The summed E-state index contributed by atoms with van der Waals surface area (Å²) in [6.45, 7) is 9.98. The standard InChI is InChI=1S/C17H25F2NO/c1-11(17(3,4)5)9-16(21)20(6)12(2)14-10-13(18)7-8-15(14)19/h7-8,10-12H,9H2,1-6H3. The number of amides is 1. The van der Waals surface area contributed by atoms with Crippen LogP contribution >= 0.6 is 0 Å². The predicted molar refractivity (Wildman–Crippen MR) is 80.8 cm³/mol. The second kappa shape index (κ2) is 6.54. The van der Waals surface area contributed by atoms with E-state index in [4.69, 9.17) is 0 Å². The lowest BCUT2D eigenvalue weighted by Crippen LogP contribution is -2.33. The molecule has 2 unspecified atom stereocenters. The van der Waals surface area contributed by atoms with Crippen LogP contribution in [0.1, 0.15) is 52.6 Å². The van der Waals surface area contributed by atoms with Crippen molar-refractivity contribution in [1.82, 2.24) is 4.90 Å². The molecule has 0 aliphatic rings. The Hall–Kier alpha value is -1.45. The average molecular weight is 297 g/mol. The fourth-order valence-corrected chi connectivity index (χ4v) is 1.97. The SMILES string of the molecule is CC(c1cc(F)ccc1F)N(C)C(=O)CC(C)C(C)(C)C. The van der Waals surface area contributed by atoms with E-state index >= 15 is 0 Å². The third kappa shape index (κ3) is 4.51. The fourth-order valence-electron chi connectivity index (χ4n) is 1.97. The van der Waals surface area contributed by atoms with Gasteiger partial charge in [-0.15, -0.1) is 0 Å². The molecule has 1 rings (SSSR count). The summed E-state index contributed by atoms with van der Waals surface area (Å²) in [4.78, 5) is 13.8. The van der Waals surface area contributed by atoms with Gasteiger partial charge < -0.3 is 4.90 Å². The highest BCUT2D eigenvalue weighted by Gasteiger charge is 2.26. The maximum Gasteiger partial charge on any atom is 0.223 e. The monoisotopic (exact) mass is 297 g/mol. The molecule has 0 aliphatic carbocycles. The summed E-state index contributed by atoms with van der Waals surface area (Å²) >= 11 is 0. The zero-order valence-corrected chi connectivity index (χ0v) is 13.7. The third-order valence-corrected chi connectivity index (χ3v) is 4.34. The van der Waals surface area contributed by atoms with Crippen LogP contribution < -0.4 is 0 Å². The number of hydrogen-bond acceptors (Lipinski definition) is 1. The molecule has 0 spiro atoms. The Morgan fingerprint density at radius 3 is 2.33 bits per heavy atom. The zero-order valence-electron chi connectivity index (χ0n) is 13.7. The topological polar surface area (TPSA) is 20.3 Å². The van der Waals surface area contributed by atoms with Gasteiger partial charge in [-0.1, -0.05) is 27.7 Å². The van der Waals surface area contributed by atoms with Gasteiger partial charge in [0.15, 0.2) is 0 Å². The molecule has 1 aromatic rings. The fraction of sp³-hybridized carbons (Fsp3) is 0.588. The minimum atomic E-state index is -0.500. The average Bonchev–Trinajstić information content (AvgIpc) is 2.38. The number of carbonyl (C=O) groups excluding carboxylic acids is 1. The van der Waals surface area contributed by atoms with Crippen LogP contribution in [0.2, 0.25) is 0 Å². The molecule has 0 aliphatic heterocycles. The lowest BCUT2D eigenvalue weighted by Gasteiger charge is -2.31. The molecule has 0 heterocycles. The van der Waals surface area contributed by atoms with Crippen molar-refractivity contribution in [3.05, 3.63) is 35.4 Å². The van der Waals surface area contributed by atoms with Crippen LogP contribution in [0.5, 0.6) is 0 Å². The van der Waals surface area contributed by atoms with Crippen LogP contribution in [0, 0.1) is 23.0 Å². The van der Waals surface area contributed by atoms with Crippen LogP contribution in [0.3, 0.4) is 0 Å². The lowest BCUT2D eigenvalue weighted by molar-refractivity contribution is -0.133.